The quantitative estimate of drug-likeness (QED) is 0.742. The van der Waals surface area contributed by atoms with Crippen molar-refractivity contribution in [2.24, 2.45) is 0 Å². The van der Waals surface area contributed by atoms with E-state index in [4.69, 9.17) is 11.6 Å². The van der Waals surface area contributed by atoms with Gasteiger partial charge in [0.25, 0.3) is 0 Å². The number of hydrogen-bond donors (Lipinski definition) is 1. The minimum absolute atomic E-state index is 0.0818. The smallest absolute Gasteiger partial charge is 0.239 e. The molecule has 0 saturated heterocycles. The van der Waals surface area contributed by atoms with Gasteiger partial charge >= 0.3 is 0 Å². The number of anilines is 1. The number of hydrogen-bond acceptors (Lipinski definition) is 2. The molecule has 0 aliphatic rings. The lowest BCUT2D eigenvalue weighted by Gasteiger charge is -2.01. The van der Waals surface area contributed by atoms with E-state index in [2.05, 4.69) is 5.32 Å². The van der Waals surface area contributed by atoms with Crippen LogP contribution in [0.5, 0.6) is 0 Å². The molecule has 0 bridgehead atoms. The molecule has 1 rings (SSSR count). The summed E-state index contributed by atoms with van der Waals surface area (Å²) in [5, 5.41) is 2.54. The molecule has 0 unspecified atom stereocenters. The van der Waals surface area contributed by atoms with Gasteiger partial charge in [0.1, 0.15) is 5.88 Å². The van der Waals surface area contributed by atoms with Gasteiger partial charge in [0.2, 0.25) is 12.2 Å². The molecule has 1 amide bonds. The third-order valence-corrected chi connectivity index (χ3v) is 1.65. The first-order valence-electron chi connectivity index (χ1n) is 3.60. The average molecular weight is 197 g/mol. The van der Waals surface area contributed by atoms with Crippen molar-refractivity contribution < 1.29 is 9.59 Å². The summed E-state index contributed by atoms with van der Waals surface area (Å²) in [6.45, 7) is 0. The number of amides is 1. The summed E-state index contributed by atoms with van der Waals surface area (Å²) < 4.78 is 0. The van der Waals surface area contributed by atoms with Crippen LogP contribution in [0.2, 0.25) is 0 Å². The molecule has 4 heteroatoms. The molecule has 1 N–H and O–H groups in total. The monoisotopic (exact) mass is 196 g/mol. The molecule has 0 aliphatic heterocycles. The highest BCUT2D eigenvalue weighted by molar-refractivity contribution is 6.29. The molecule has 0 saturated carbocycles. The second-order valence-corrected chi connectivity index (χ2v) is 2.63. The Morgan fingerprint density at radius 3 is 2.46 bits per heavy atom. The summed E-state index contributed by atoms with van der Waals surface area (Å²) in [5.41, 5.74) is 1.06. The minimum Gasteiger partial charge on any atom is -0.325 e. The van der Waals surface area contributed by atoms with Crippen molar-refractivity contribution in [1.29, 1.82) is 0 Å². The summed E-state index contributed by atoms with van der Waals surface area (Å²) in [4.78, 5) is 21.0. The Morgan fingerprint density at radius 2 is 2.00 bits per heavy atom. The van der Waals surface area contributed by atoms with Crippen molar-refractivity contribution in [3.8, 4) is 0 Å². The highest BCUT2D eigenvalue weighted by atomic mass is 35.5. The zero-order valence-electron chi connectivity index (χ0n) is 6.71. The van der Waals surface area contributed by atoms with Crippen LogP contribution in [0.15, 0.2) is 24.3 Å². The molecule has 0 fully saturated rings. The Bertz CT molecular complexity index is 308. The Hall–Kier alpha value is -1.35. The van der Waals surface area contributed by atoms with Crippen LogP contribution < -0.4 is 5.32 Å². The number of carbonyl (C=O) groups excluding carboxylic acids is 2. The zero-order chi connectivity index (χ0) is 9.68. The summed E-state index contributed by atoms with van der Waals surface area (Å²) in [5.74, 6) is -0.355. The highest BCUT2D eigenvalue weighted by Gasteiger charge is 1.99. The van der Waals surface area contributed by atoms with Gasteiger partial charge < -0.3 is 5.32 Å². The van der Waals surface area contributed by atoms with Crippen LogP contribution in [-0.4, -0.2) is 18.1 Å². The van der Waals surface area contributed by atoms with Crippen molar-refractivity contribution in [3.05, 3.63) is 29.8 Å². The molecule has 0 heterocycles. The van der Waals surface area contributed by atoms with E-state index in [1.165, 1.54) is 0 Å². The van der Waals surface area contributed by atoms with Crippen molar-refractivity contribution in [1.82, 2.24) is 0 Å². The molecule has 0 spiro atoms. The minimum atomic E-state index is -0.274. The summed E-state index contributed by atoms with van der Waals surface area (Å²) in [6, 6.07) is 6.36. The largest absolute Gasteiger partial charge is 0.325 e. The van der Waals surface area contributed by atoms with E-state index in [-0.39, 0.29) is 11.8 Å². The van der Waals surface area contributed by atoms with Crippen LogP contribution in [0.3, 0.4) is 0 Å². The second kappa shape index (κ2) is 4.62. The molecule has 1 aromatic carbocycles. The first-order valence-corrected chi connectivity index (χ1v) is 4.13. The molecule has 0 aromatic heterocycles. The van der Waals surface area contributed by atoms with E-state index in [1.807, 2.05) is 0 Å². The van der Waals surface area contributed by atoms with Gasteiger partial charge in [-0.15, -0.1) is 11.6 Å². The van der Waals surface area contributed by atoms with Crippen molar-refractivity contribution in [2.75, 3.05) is 11.2 Å². The van der Waals surface area contributed by atoms with E-state index in [1.54, 1.807) is 30.6 Å². The van der Waals surface area contributed by atoms with Crippen LogP contribution in [-0.2, 0) is 9.59 Å². The number of benzene rings is 1. The van der Waals surface area contributed by atoms with E-state index in [9.17, 15) is 9.59 Å². The van der Waals surface area contributed by atoms with E-state index in [0.29, 0.717) is 11.3 Å². The molecule has 1 aromatic rings. The van der Waals surface area contributed by atoms with Gasteiger partial charge in [-0.25, -0.2) is 0 Å². The maximum absolute atomic E-state index is 10.8. The van der Waals surface area contributed by atoms with Crippen LogP contribution in [0, 0.1) is 0 Å². The van der Waals surface area contributed by atoms with Crippen molar-refractivity contribution >= 4 is 29.5 Å². The number of halogens is 1. The Labute approximate surface area is 80.7 Å². The lowest BCUT2D eigenvalue weighted by molar-refractivity contribution is -0.113. The molecule has 0 atom stereocenters. The third-order valence-electron chi connectivity index (χ3n) is 1.41. The number of alkyl halides is 1. The fourth-order valence-corrected chi connectivity index (χ4v) is 0.883. The SMILES string of the molecule is O=[C]c1ccc(NC(=O)CCl)cc1. The molecular weight excluding hydrogens is 190 g/mol. The highest BCUT2D eigenvalue weighted by Crippen LogP contribution is 2.07. The van der Waals surface area contributed by atoms with Crippen molar-refractivity contribution in [2.45, 2.75) is 0 Å². The number of carbonyl (C=O) groups is 1. The number of rotatable bonds is 3. The first kappa shape index (κ1) is 9.74. The van der Waals surface area contributed by atoms with Crippen LogP contribution in [0.4, 0.5) is 5.69 Å². The van der Waals surface area contributed by atoms with E-state index < -0.39 is 0 Å². The summed E-state index contributed by atoms with van der Waals surface area (Å²) in [7, 11) is 0. The van der Waals surface area contributed by atoms with E-state index in [0.717, 1.165) is 0 Å². The molecule has 3 nitrogen and oxygen atoms in total. The topological polar surface area (TPSA) is 46.2 Å². The normalized spacial score (nSPS) is 9.31. The maximum atomic E-state index is 10.8. The molecule has 67 valence electrons. The third kappa shape index (κ3) is 2.87. The predicted molar refractivity (Wildman–Crippen MR) is 50.6 cm³/mol. The molecule has 1 radical (unpaired) electrons. The van der Waals surface area contributed by atoms with Gasteiger partial charge in [0, 0.05) is 11.3 Å². The number of nitrogens with one attached hydrogen (secondary N) is 1. The van der Waals surface area contributed by atoms with Gasteiger partial charge in [-0.3, -0.25) is 9.59 Å². The van der Waals surface area contributed by atoms with Gasteiger partial charge in [0.05, 0.1) is 0 Å². The summed E-state index contributed by atoms with van der Waals surface area (Å²) >= 11 is 5.29. The molecule has 13 heavy (non-hydrogen) atoms. The predicted octanol–water partition coefficient (Wildman–Crippen LogP) is 1.32. The average Bonchev–Trinajstić information content (AvgIpc) is 2.19. The Morgan fingerprint density at radius 1 is 1.38 bits per heavy atom. The first-order chi connectivity index (χ1) is 6.26. The van der Waals surface area contributed by atoms with Crippen molar-refractivity contribution in [3.63, 3.8) is 0 Å². The van der Waals surface area contributed by atoms with Gasteiger partial charge in [0.15, 0.2) is 0 Å². The van der Waals surface area contributed by atoms with Crippen LogP contribution in [0.25, 0.3) is 0 Å². The van der Waals surface area contributed by atoms with Gasteiger partial charge in [-0.05, 0) is 24.3 Å². The fourth-order valence-electron chi connectivity index (χ4n) is 0.816. The van der Waals surface area contributed by atoms with E-state index >= 15 is 0 Å². The van der Waals surface area contributed by atoms with Gasteiger partial charge in [-0.1, -0.05) is 0 Å². The summed E-state index contributed by atoms with van der Waals surface area (Å²) in [6.07, 6.45) is 1.73. The second-order valence-electron chi connectivity index (χ2n) is 2.36. The fraction of sp³-hybridized carbons (Fsp3) is 0.111. The lowest BCUT2D eigenvalue weighted by atomic mass is 10.2. The lowest BCUT2D eigenvalue weighted by Crippen LogP contribution is -2.12. The van der Waals surface area contributed by atoms with Crippen LogP contribution in [0.1, 0.15) is 5.56 Å². The molecule has 0 aliphatic carbocycles. The Kier molecular flexibility index (Phi) is 3.46. The Balaban J connectivity index is 2.69. The maximum Gasteiger partial charge on any atom is 0.239 e. The standard InChI is InChI=1S/C9H7ClNO2/c10-5-9(13)11-8-3-1-7(6-12)2-4-8/h1-4H,5H2,(H,11,13). The molecular formula is C9H7ClNO2. The van der Waals surface area contributed by atoms with Crippen LogP contribution >= 0.6 is 11.6 Å². The zero-order valence-corrected chi connectivity index (χ0v) is 7.47. The van der Waals surface area contributed by atoms with Gasteiger partial charge in [-0.2, -0.15) is 0 Å².